The summed E-state index contributed by atoms with van der Waals surface area (Å²) < 4.78 is 12.1. The number of piperidine rings is 1. The van der Waals surface area contributed by atoms with Crippen molar-refractivity contribution in [3.63, 3.8) is 0 Å². The molecule has 1 saturated carbocycles. The van der Waals surface area contributed by atoms with Crippen molar-refractivity contribution in [3.8, 4) is 11.5 Å². The summed E-state index contributed by atoms with van der Waals surface area (Å²) >= 11 is 0. The van der Waals surface area contributed by atoms with Gasteiger partial charge in [-0.15, -0.1) is 0 Å². The van der Waals surface area contributed by atoms with Crippen molar-refractivity contribution in [2.24, 2.45) is 5.92 Å². The van der Waals surface area contributed by atoms with Gasteiger partial charge in [0.05, 0.1) is 12.6 Å². The summed E-state index contributed by atoms with van der Waals surface area (Å²) in [5.41, 5.74) is 0.742. The van der Waals surface area contributed by atoms with Crippen molar-refractivity contribution >= 4 is 11.6 Å². The van der Waals surface area contributed by atoms with Crippen molar-refractivity contribution in [1.82, 2.24) is 4.90 Å². The number of hydrogen-bond donors (Lipinski definition) is 2. The largest absolute Gasteiger partial charge is 0.448 e. The van der Waals surface area contributed by atoms with E-state index in [1.165, 1.54) is 0 Å². The first kappa shape index (κ1) is 17.6. The minimum Gasteiger partial charge on any atom is -0.448 e. The van der Waals surface area contributed by atoms with Crippen LogP contribution in [0.15, 0.2) is 18.2 Å². The molecular formula is C20H28N2O4. The number of ether oxygens (including phenoxy) is 2. The third kappa shape index (κ3) is 3.67. The summed E-state index contributed by atoms with van der Waals surface area (Å²) in [7, 11) is 0. The van der Waals surface area contributed by atoms with Crippen LogP contribution in [0.1, 0.15) is 45.4 Å². The first-order valence-corrected chi connectivity index (χ1v) is 9.75. The van der Waals surface area contributed by atoms with Gasteiger partial charge in [-0.1, -0.05) is 0 Å². The number of carbonyl (C=O) groups excluding carboxylic acids is 1. The molecule has 1 saturated heterocycles. The number of hydrogen-bond acceptors (Lipinski definition) is 5. The monoisotopic (exact) mass is 360 g/mol. The van der Waals surface area contributed by atoms with Crippen LogP contribution in [-0.4, -0.2) is 47.4 Å². The Balaban J connectivity index is 1.31. The molecule has 142 valence electrons. The van der Waals surface area contributed by atoms with E-state index < -0.39 is 5.79 Å². The smallest absolute Gasteiger partial charge is 0.251 e. The Bertz CT molecular complexity index is 662. The fraction of sp³-hybridized carbons (Fsp3) is 0.650. The molecule has 1 atom stereocenters. The third-order valence-corrected chi connectivity index (χ3v) is 5.87. The van der Waals surface area contributed by atoms with Gasteiger partial charge in [0, 0.05) is 24.6 Å². The number of likely N-dealkylation sites (tertiary alicyclic amines) is 1. The lowest BCUT2D eigenvalue weighted by Crippen LogP contribution is -2.41. The number of rotatable bonds is 4. The Kier molecular flexibility index (Phi) is 4.80. The zero-order valence-electron chi connectivity index (χ0n) is 15.4. The molecule has 2 N–H and O–H groups in total. The molecule has 6 nitrogen and oxygen atoms in total. The summed E-state index contributed by atoms with van der Waals surface area (Å²) in [6.45, 7) is 3.94. The molecule has 26 heavy (non-hydrogen) atoms. The van der Waals surface area contributed by atoms with E-state index in [1.54, 1.807) is 0 Å². The number of amides is 1. The van der Waals surface area contributed by atoms with Crippen LogP contribution in [0.4, 0.5) is 5.69 Å². The van der Waals surface area contributed by atoms with Gasteiger partial charge < -0.3 is 19.9 Å². The predicted molar refractivity (Wildman–Crippen MR) is 98.4 cm³/mol. The van der Waals surface area contributed by atoms with Crippen molar-refractivity contribution in [2.75, 3.05) is 25.0 Å². The van der Waals surface area contributed by atoms with Crippen LogP contribution in [0.3, 0.4) is 0 Å². The highest BCUT2D eigenvalue weighted by Crippen LogP contribution is 2.47. The van der Waals surface area contributed by atoms with E-state index in [-0.39, 0.29) is 12.0 Å². The van der Waals surface area contributed by atoms with Gasteiger partial charge in [0.15, 0.2) is 11.5 Å². The van der Waals surface area contributed by atoms with E-state index in [9.17, 15) is 9.90 Å². The van der Waals surface area contributed by atoms with Gasteiger partial charge in [-0.3, -0.25) is 9.69 Å². The van der Waals surface area contributed by atoms with E-state index in [4.69, 9.17) is 9.47 Å². The average molecular weight is 360 g/mol. The van der Waals surface area contributed by atoms with Gasteiger partial charge in [0.25, 0.3) is 5.79 Å². The van der Waals surface area contributed by atoms with Crippen LogP contribution in [-0.2, 0) is 4.79 Å². The van der Waals surface area contributed by atoms with Crippen LogP contribution >= 0.6 is 0 Å². The second kappa shape index (κ2) is 7.08. The molecule has 1 aromatic rings. The molecule has 6 heteroatoms. The minimum absolute atomic E-state index is 0.0186. The molecule has 1 aliphatic carbocycles. The lowest BCUT2D eigenvalue weighted by molar-refractivity contribution is -0.117. The third-order valence-electron chi connectivity index (χ3n) is 5.87. The molecular weight excluding hydrogens is 332 g/mol. The van der Waals surface area contributed by atoms with E-state index in [1.807, 2.05) is 25.1 Å². The van der Waals surface area contributed by atoms with Gasteiger partial charge in [-0.2, -0.15) is 0 Å². The van der Waals surface area contributed by atoms with Crippen LogP contribution in [0.2, 0.25) is 0 Å². The summed E-state index contributed by atoms with van der Waals surface area (Å²) in [4.78, 5) is 14.5. The first-order valence-electron chi connectivity index (χ1n) is 9.75. The molecule has 1 aromatic carbocycles. The molecule has 2 aliphatic heterocycles. The molecule has 0 bridgehead atoms. The molecule has 2 heterocycles. The number of carbonyl (C=O) groups is 1. The highest BCUT2D eigenvalue weighted by Gasteiger charge is 2.44. The molecule has 4 rings (SSSR count). The zero-order chi connectivity index (χ0) is 18.1. The Morgan fingerprint density at radius 1 is 1.27 bits per heavy atom. The standard InChI is InChI=1S/C20H28N2O4/c1-14(23)15-6-10-22(11-7-15)13-19(24)21-16-4-5-17-18(12-16)26-20(25-17)8-2-3-9-20/h4-5,12,14-15,23H,2-3,6-11,13H2,1H3,(H,21,24). The highest BCUT2D eigenvalue weighted by atomic mass is 16.7. The van der Waals surface area contributed by atoms with E-state index >= 15 is 0 Å². The highest BCUT2D eigenvalue weighted by molar-refractivity contribution is 5.92. The Morgan fingerprint density at radius 3 is 2.65 bits per heavy atom. The van der Waals surface area contributed by atoms with Crippen LogP contribution < -0.4 is 14.8 Å². The molecule has 0 radical (unpaired) electrons. The van der Waals surface area contributed by atoms with Crippen molar-refractivity contribution in [2.45, 2.75) is 57.3 Å². The topological polar surface area (TPSA) is 71.0 Å². The zero-order valence-corrected chi connectivity index (χ0v) is 15.4. The molecule has 1 amide bonds. The fourth-order valence-corrected chi connectivity index (χ4v) is 4.29. The Labute approximate surface area is 154 Å². The fourth-order valence-electron chi connectivity index (χ4n) is 4.29. The minimum atomic E-state index is -0.473. The number of aliphatic hydroxyl groups is 1. The number of benzene rings is 1. The number of nitrogens with one attached hydrogen (secondary N) is 1. The lowest BCUT2D eigenvalue weighted by atomic mass is 9.92. The van der Waals surface area contributed by atoms with Crippen molar-refractivity contribution in [1.29, 1.82) is 0 Å². The Hall–Kier alpha value is -1.79. The van der Waals surface area contributed by atoms with Crippen LogP contribution in [0.25, 0.3) is 0 Å². The van der Waals surface area contributed by atoms with Gasteiger partial charge in [0.2, 0.25) is 5.91 Å². The molecule has 3 aliphatic rings. The predicted octanol–water partition coefficient (Wildman–Crippen LogP) is 2.76. The van der Waals surface area contributed by atoms with E-state index in [0.717, 1.165) is 68.8 Å². The molecule has 1 unspecified atom stereocenters. The summed E-state index contributed by atoms with van der Waals surface area (Å²) in [6, 6.07) is 5.61. The van der Waals surface area contributed by atoms with Gasteiger partial charge in [0.1, 0.15) is 0 Å². The average Bonchev–Trinajstić information content (AvgIpc) is 3.21. The molecule has 2 fully saturated rings. The maximum absolute atomic E-state index is 12.4. The summed E-state index contributed by atoms with van der Waals surface area (Å²) in [5, 5.41) is 12.6. The van der Waals surface area contributed by atoms with Crippen LogP contribution in [0.5, 0.6) is 11.5 Å². The number of fused-ring (bicyclic) bond motifs is 1. The van der Waals surface area contributed by atoms with Crippen LogP contribution in [0, 0.1) is 5.92 Å². The van der Waals surface area contributed by atoms with Gasteiger partial charge >= 0.3 is 0 Å². The van der Waals surface area contributed by atoms with Crippen molar-refractivity contribution in [3.05, 3.63) is 18.2 Å². The lowest BCUT2D eigenvalue weighted by Gasteiger charge is -2.32. The summed E-state index contributed by atoms with van der Waals surface area (Å²) in [5.74, 6) is 1.35. The van der Waals surface area contributed by atoms with Gasteiger partial charge in [-0.25, -0.2) is 0 Å². The second-order valence-electron chi connectivity index (χ2n) is 7.89. The van der Waals surface area contributed by atoms with Crippen molar-refractivity contribution < 1.29 is 19.4 Å². The maximum Gasteiger partial charge on any atom is 0.251 e. The quantitative estimate of drug-likeness (QED) is 0.864. The normalized spacial score (nSPS) is 23.3. The number of aliphatic hydroxyl groups excluding tert-OH is 1. The summed E-state index contributed by atoms with van der Waals surface area (Å²) in [6.07, 6.45) is 5.72. The second-order valence-corrected chi connectivity index (χ2v) is 7.89. The van der Waals surface area contributed by atoms with E-state index in [0.29, 0.717) is 12.5 Å². The number of nitrogens with zero attached hydrogens (tertiary/aromatic N) is 1. The maximum atomic E-state index is 12.4. The molecule has 1 spiro atoms. The number of anilines is 1. The van der Waals surface area contributed by atoms with E-state index in [2.05, 4.69) is 10.2 Å². The molecule has 0 aromatic heterocycles. The van der Waals surface area contributed by atoms with Gasteiger partial charge in [-0.05, 0) is 63.7 Å². The SMILES string of the molecule is CC(O)C1CCN(CC(=O)Nc2ccc3c(c2)OC2(CCCC2)O3)CC1. The Morgan fingerprint density at radius 2 is 1.96 bits per heavy atom. The first-order chi connectivity index (χ1) is 12.5.